The Morgan fingerprint density at radius 1 is 1.69 bits per heavy atom. The molecule has 0 aromatic carbocycles. The van der Waals surface area contributed by atoms with Crippen molar-refractivity contribution >= 4 is 5.78 Å². The smallest absolute Gasteiger partial charge is 0.144 e. The average Bonchev–Trinajstić information content (AvgIpc) is 2.72. The quantitative estimate of drug-likeness (QED) is 0.836. The third-order valence-electron chi connectivity index (χ3n) is 3.39. The summed E-state index contributed by atoms with van der Waals surface area (Å²) in [5.74, 6) is 0.378. The number of aryl methyl sites for hydroxylation is 1. The van der Waals surface area contributed by atoms with E-state index in [9.17, 15) is 4.79 Å². The number of carbonyl (C=O) groups excluding carboxylic acids is 1. The van der Waals surface area contributed by atoms with E-state index in [0.29, 0.717) is 12.3 Å². The van der Waals surface area contributed by atoms with Crippen molar-refractivity contribution in [2.24, 2.45) is 11.7 Å². The van der Waals surface area contributed by atoms with E-state index in [4.69, 9.17) is 5.73 Å². The number of nitrogens with zero attached hydrogens (tertiary/aromatic N) is 1. The summed E-state index contributed by atoms with van der Waals surface area (Å²) in [5.41, 5.74) is 7.73. The van der Waals surface area contributed by atoms with Crippen LogP contribution in [0.5, 0.6) is 0 Å². The molecule has 2 rings (SSSR count). The summed E-state index contributed by atoms with van der Waals surface area (Å²) in [6.45, 7) is 2.55. The number of pyridine rings is 1. The van der Waals surface area contributed by atoms with Gasteiger partial charge < -0.3 is 5.73 Å². The van der Waals surface area contributed by atoms with Crippen LogP contribution in [0.2, 0.25) is 0 Å². The lowest BCUT2D eigenvalue weighted by atomic mass is 9.90. The first-order chi connectivity index (χ1) is 7.74. The fraction of sp³-hybridized carbons (Fsp3) is 0.538. The second-order valence-corrected chi connectivity index (χ2v) is 4.52. The third kappa shape index (κ3) is 2.00. The molecule has 1 aliphatic carbocycles. The minimum Gasteiger partial charge on any atom is -0.330 e. The number of carbonyl (C=O) groups is 1. The van der Waals surface area contributed by atoms with Crippen molar-refractivity contribution in [1.82, 2.24) is 4.98 Å². The summed E-state index contributed by atoms with van der Waals surface area (Å²) in [6.07, 6.45) is 4.45. The molecule has 86 valence electrons. The minimum absolute atomic E-state index is 0.0118. The molecule has 0 saturated carbocycles. The van der Waals surface area contributed by atoms with Gasteiger partial charge in [-0.2, -0.15) is 0 Å². The number of hydrogen-bond acceptors (Lipinski definition) is 3. The van der Waals surface area contributed by atoms with Crippen molar-refractivity contribution in [1.29, 1.82) is 0 Å². The molecule has 2 atom stereocenters. The summed E-state index contributed by atoms with van der Waals surface area (Å²) >= 11 is 0. The van der Waals surface area contributed by atoms with Crippen molar-refractivity contribution in [3.8, 4) is 0 Å². The van der Waals surface area contributed by atoms with Gasteiger partial charge in [-0.15, -0.1) is 0 Å². The van der Waals surface area contributed by atoms with Crippen LogP contribution < -0.4 is 5.73 Å². The van der Waals surface area contributed by atoms with E-state index in [0.717, 1.165) is 25.0 Å². The maximum absolute atomic E-state index is 12.2. The normalized spacial score (nSPS) is 20.5. The van der Waals surface area contributed by atoms with Gasteiger partial charge in [-0.05, 0) is 37.4 Å². The lowest BCUT2D eigenvalue weighted by Gasteiger charge is -2.14. The molecule has 0 spiro atoms. The first-order valence-corrected chi connectivity index (χ1v) is 5.91. The van der Waals surface area contributed by atoms with E-state index >= 15 is 0 Å². The largest absolute Gasteiger partial charge is 0.330 e. The lowest BCUT2D eigenvalue weighted by molar-refractivity contribution is -0.124. The van der Waals surface area contributed by atoms with Gasteiger partial charge in [0, 0.05) is 12.1 Å². The summed E-state index contributed by atoms with van der Waals surface area (Å²) < 4.78 is 0. The number of rotatable bonds is 4. The van der Waals surface area contributed by atoms with Crippen molar-refractivity contribution in [2.45, 2.75) is 32.1 Å². The van der Waals surface area contributed by atoms with E-state index < -0.39 is 0 Å². The molecule has 0 aliphatic heterocycles. The van der Waals surface area contributed by atoms with Crippen LogP contribution in [0.15, 0.2) is 18.3 Å². The van der Waals surface area contributed by atoms with Gasteiger partial charge in [-0.25, -0.2) is 0 Å². The van der Waals surface area contributed by atoms with Crippen molar-refractivity contribution in [3.63, 3.8) is 0 Å². The number of nitrogens with two attached hydrogens (primary N) is 1. The van der Waals surface area contributed by atoms with Crippen LogP contribution in [0.1, 0.15) is 36.9 Å². The monoisotopic (exact) mass is 218 g/mol. The zero-order valence-corrected chi connectivity index (χ0v) is 9.65. The first kappa shape index (κ1) is 11.3. The van der Waals surface area contributed by atoms with E-state index in [2.05, 4.69) is 11.1 Å². The molecular formula is C13H18N2O. The maximum atomic E-state index is 12.2. The van der Waals surface area contributed by atoms with E-state index in [-0.39, 0.29) is 11.8 Å². The van der Waals surface area contributed by atoms with E-state index in [1.165, 1.54) is 5.56 Å². The van der Waals surface area contributed by atoms with Crippen LogP contribution in [0.25, 0.3) is 0 Å². The van der Waals surface area contributed by atoms with Crippen LogP contribution in [0, 0.1) is 5.92 Å². The summed E-state index contributed by atoms with van der Waals surface area (Å²) in [7, 11) is 0. The van der Waals surface area contributed by atoms with Gasteiger partial charge in [0.1, 0.15) is 5.78 Å². The minimum atomic E-state index is 0.0118. The second-order valence-electron chi connectivity index (χ2n) is 4.52. The Kier molecular flexibility index (Phi) is 3.34. The molecule has 3 nitrogen and oxygen atoms in total. The summed E-state index contributed by atoms with van der Waals surface area (Å²) in [4.78, 5) is 16.6. The van der Waals surface area contributed by atoms with E-state index in [1.54, 1.807) is 6.20 Å². The van der Waals surface area contributed by atoms with Gasteiger partial charge in [-0.3, -0.25) is 9.78 Å². The predicted octanol–water partition coefficient (Wildman–Crippen LogP) is 1.67. The van der Waals surface area contributed by atoms with Crippen molar-refractivity contribution < 1.29 is 4.79 Å². The number of hydrogen-bond donors (Lipinski definition) is 1. The Morgan fingerprint density at radius 2 is 2.50 bits per heavy atom. The highest BCUT2D eigenvalue weighted by Gasteiger charge is 2.31. The molecule has 3 heteroatoms. The summed E-state index contributed by atoms with van der Waals surface area (Å²) in [6, 6.07) is 4.01. The molecule has 2 N–H and O–H groups in total. The number of ketones is 1. The Balaban J connectivity index is 2.16. The van der Waals surface area contributed by atoms with Gasteiger partial charge in [-0.1, -0.05) is 13.0 Å². The first-order valence-electron chi connectivity index (χ1n) is 5.91. The van der Waals surface area contributed by atoms with Gasteiger partial charge >= 0.3 is 0 Å². The number of fused-ring (bicyclic) bond motifs is 1. The Morgan fingerprint density at radius 3 is 3.25 bits per heavy atom. The number of Topliss-reactive ketones (excluding diaryl/α,β-unsaturated/α-hetero) is 1. The van der Waals surface area contributed by atoms with Gasteiger partial charge in [0.25, 0.3) is 0 Å². The van der Waals surface area contributed by atoms with Crippen LogP contribution in [-0.4, -0.2) is 17.3 Å². The molecule has 0 radical (unpaired) electrons. The SMILES string of the molecule is CC(CCN)C(=O)C1CCc2cccnc21. The topological polar surface area (TPSA) is 56.0 Å². The second kappa shape index (κ2) is 4.74. The molecule has 0 amide bonds. The van der Waals surface area contributed by atoms with Gasteiger partial charge in [0.2, 0.25) is 0 Å². The molecule has 2 unspecified atom stereocenters. The van der Waals surface area contributed by atoms with Gasteiger partial charge in [0.15, 0.2) is 0 Å². The molecule has 1 aromatic rings. The van der Waals surface area contributed by atoms with Gasteiger partial charge in [0.05, 0.1) is 11.6 Å². The highest BCUT2D eigenvalue weighted by molar-refractivity contribution is 5.88. The standard InChI is InChI=1S/C13H18N2O/c1-9(6-7-14)13(16)11-5-4-10-3-2-8-15-12(10)11/h2-3,8-9,11H,4-7,14H2,1H3. The molecule has 16 heavy (non-hydrogen) atoms. The Hall–Kier alpha value is -1.22. The predicted molar refractivity (Wildman–Crippen MR) is 63.1 cm³/mol. The Labute approximate surface area is 96.1 Å². The fourth-order valence-electron chi connectivity index (χ4n) is 2.43. The highest BCUT2D eigenvalue weighted by Crippen LogP contribution is 2.33. The van der Waals surface area contributed by atoms with Crippen LogP contribution in [0.4, 0.5) is 0 Å². The van der Waals surface area contributed by atoms with E-state index in [1.807, 2.05) is 13.0 Å². The highest BCUT2D eigenvalue weighted by atomic mass is 16.1. The zero-order valence-electron chi connectivity index (χ0n) is 9.65. The molecule has 0 fully saturated rings. The number of aromatic nitrogens is 1. The molecule has 1 heterocycles. The molecule has 1 aromatic heterocycles. The Bertz CT molecular complexity index is 389. The molecule has 0 bridgehead atoms. The van der Waals surface area contributed by atoms with Crippen molar-refractivity contribution in [3.05, 3.63) is 29.6 Å². The maximum Gasteiger partial charge on any atom is 0.144 e. The zero-order chi connectivity index (χ0) is 11.5. The van der Waals surface area contributed by atoms with Crippen LogP contribution in [0.3, 0.4) is 0 Å². The van der Waals surface area contributed by atoms with Crippen LogP contribution >= 0.6 is 0 Å². The molecule has 0 saturated heterocycles. The molecular weight excluding hydrogens is 200 g/mol. The third-order valence-corrected chi connectivity index (χ3v) is 3.39. The summed E-state index contributed by atoms with van der Waals surface area (Å²) in [5, 5.41) is 0. The fourth-order valence-corrected chi connectivity index (χ4v) is 2.43. The van der Waals surface area contributed by atoms with Crippen molar-refractivity contribution in [2.75, 3.05) is 6.54 Å². The molecule has 1 aliphatic rings. The van der Waals surface area contributed by atoms with Crippen LogP contribution in [-0.2, 0) is 11.2 Å². The average molecular weight is 218 g/mol. The lowest BCUT2D eigenvalue weighted by Crippen LogP contribution is -2.21.